The summed E-state index contributed by atoms with van der Waals surface area (Å²) in [5, 5.41) is 38.9. The molecular formula is C36H44O4. The molecule has 212 valence electrons. The van der Waals surface area contributed by atoms with Crippen molar-refractivity contribution in [2.75, 3.05) is 0 Å². The normalized spacial score (nSPS) is 27.4. The monoisotopic (exact) mass is 540 g/mol. The number of hydrogen-bond acceptors (Lipinski definition) is 4. The van der Waals surface area contributed by atoms with E-state index >= 15 is 0 Å². The molecule has 3 aromatic carbocycles. The van der Waals surface area contributed by atoms with Crippen LogP contribution in [0.4, 0.5) is 0 Å². The van der Waals surface area contributed by atoms with Crippen molar-refractivity contribution in [3.8, 4) is 17.2 Å². The summed E-state index contributed by atoms with van der Waals surface area (Å²) in [5.41, 5.74) is 7.81. The fourth-order valence-corrected chi connectivity index (χ4v) is 8.05. The van der Waals surface area contributed by atoms with E-state index in [1.54, 1.807) is 24.3 Å². The number of hydrogen-bond donors (Lipinski definition) is 4. The van der Waals surface area contributed by atoms with Gasteiger partial charge in [0.05, 0.1) is 6.10 Å². The van der Waals surface area contributed by atoms with Gasteiger partial charge in [-0.25, -0.2) is 0 Å². The molecule has 0 spiro atoms. The van der Waals surface area contributed by atoms with Gasteiger partial charge >= 0.3 is 0 Å². The highest BCUT2D eigenvalue weighted by Gasteiger charge is 2.54. The zero-order chi connectivity index (χ0) is 28.4. The lowest BCUT2D eigenvalue weighted by Gasteiger charge is -2.50. The van der Waals surface area contributed by atoms with Crippen LogP contribution in [0.5, 0.6) is 17.2 Å². The van der Waals surface area contributed by atoms with E-state index in [0.29, 0.717) is 17.6 Å². The van der Waals surface area contributed by atoms with Gasteiger partial charge in [0, 0.05) is 0 Å². The van der Waals surface area contributed by atoms with E-state index in [2.05, 4.69) is 26.8 Å². The largest absolute Gasteiger partial charge is 0.508 e. The Bertz CT molecular complexity index is 1280. The predicted octanol–water partition coefficient (Wildman–Crippen LogP) is 8.44. The first-order valence-corrected chi connectivity index (χ1v) is 15.1. The standard InChI is InChI=1S/C18H24O2.C18H20O2/c1-18-9-8-14-13-5-3-12(19)10-11(13)2-4-15(14)16(18)6-7-17(18)20;1-3-17(13-5-9-15(19)10-6-13)18(4-2)14-7-11-16(20)12-8-14/h3,5,10,14-17,19-20H,2,4,6-9H2,1H3;5-12,19-20H,3-4H2,1-2H3/b;18-17+/t14-,15-,16+,17+,18+;/m1./s1. The molecule has 5 atom stereocenters. The number of phenols is 3. The summed E-state index contributed by atoms with van der Waals surface area (Å²) in [6, 6.07) is 20.6. The Morgan fingerprint density at radius 1 is 0.725 bits per heavy atom. The highest BCUT2D eigenvalue weighted by molar-refractivity contribution is 5.90. The van der Waals surface area contributed by atoms with Crippen LogP contribution in [0.3, 0.4) is 0 Å². The lowest BCUT2D eigenvalue weighted by molar-refractivity contribution is -0.0226. The van der Waals surface area contributed by atoms with E-state index in [4.69, 9.17) is 0 Å². The molecule has 40 heavy (non-hydrogen) atoms. The quantitative estimate of drug-likeness (QED) is 0.250. The number of phenolic OH excluding ortho intramolecular Hbond substituents is 3. The average molecular weight is 541 g/mol. The summed E-state index contributed by atoms with van der Waals surface area (Å²) in [6.07, 6.45) is 8.63. The third-order valence-corrected chi connectivity index (χ3v) is 10.2. The molecule has 4 nitrogen and oxygen atoms in total. The SMILES string of the molecule is CC/C(=C(/CC)c1ccc(O)cc1)c1ccc(O)cc1.C[C@]12CC[C@@H]3c4ccc(O)cc4CC[C@H]3[C@@H]1CC[C@@H]2O. The molecule has 0 aliphatic heterocycles. The molecule has 0 radical (unpaired) electrons. The third kappa shape index (κ3) is 5.39. The first-order chi connectivity index (χ1) is 19.2. The van der Waals surface area contributed by atoms with Gasteiger partial charge < -0.3 is 20.4 Å². The minimum atomic E-state index is -0.0883. The lowest BCUT2D eigenvalue weighted by Crippen LogP contribution is -2.43. The van der Waals surface area contributed by atoms with Gasteiger partial charge in [-0.1, -0.05) is 51.1 Å². The summed E-state index contributed by atoms with van der Waals surface area (Å²) >= 11 is 0. The van der Waals surface area contributed by atoms with Crippen molar-refractivity contribution in [1.82, 2.24) is 0 Å². The number of aliphatic hydroxyl groups excluding tert-OH is 1. The van der Waals surface area contributed by atoms with Gasteiger partial charge in [0.25, 0.3) is 0 Å². The Balaban J connectivity index is 0.000000161. The highest BCUT2D eigenvalue weighted by Crippen LogP contribution is 2.60. The molecule has 4 heteroatoms. The molecule has 2 saturated carbocycles. The topological polar surface area (TPSA) is 80.9 Å². The van der Waals surface area contributed by atoms with Crippen molar-refractivity contribution in [2.45, 2.75) is 84.2 Å². The van der Waals surface area contributed by atoms with Gasteiger partial charge in [0.15, 0.2) is 0 Å². The maximum atomic E-state index is 10.4. The summed E-state index contributed by atoms with van der Waals surface area (Å²) in [5.74, 6) is 3.06. The van der Waals surface area contributed by atoms with Crippen LogP contribution in [0.25, 0.3) is 11.1 Å². The maximum absolute atomic E-state index is 10.4. The Labute approximate surface area is 239 Å². The molecule has 6 rings (SSSR count). The number of fused-ring (bicyclic) bond motifs is 5. The van der Waals surface area contributed by atoms with Crippen LogP contribution >= 0.6 is 0 Å². The number of benzene rings is 3. The fraction of sp³-hybridized carbons (Fsp3) is 0.444. The summed E-state index contributed by atoms with van der Waals surface area (Å²) in [6.45, 7) is 6.59. The van der Waals surface area contributed by atoms with E-state index in [-0.39, 0.29) is 23.0 Å². The zero-order valence-electron chi connectivity index (χ0n) is 24.1. The second-order valence-corrected chi connectivity index (χ2v) is 12.2. The second kappa shape index (κ2) is 11.7. The summed E-state index contributed by atoms with van der Waals surface area (Å²) < 4.78 is 0. The fourth-order valence-electron chi connectivity index (χ4n) is 8.05. The molecule has 0 aromatic heterocycles. The number of allylic oxidation sites excluding steroid dienone is 2. The molecule has 4 N–H and O–H groups in total. The van der Waals surface area contributed by atoms with Crippen molar-refractivity contribution in [3.63, 3.8) is 0 Å². The highest BCUT2D eigenvalue weighted by atomic mass is 16.3. The van der Waals surface area contributed by atoms with Gasteiger partial charge in [0.2, 0.25) is 0 Å². The van der Waals surface area contributed by atoms with Crippen LogP contribution in [0.15, 0.2) is 66.7 Å². The lowest BCUT2D eigenvalue weighted by atomic mass is 9.55. The van der Waals surface area contributed by atoms with Crippen molar-refractivity contribution >= 4 is 11.1 Å². The van der Waals surface area contributed by atoms with E-state index in [1.807, 2.05) is 36.4 Å². The minimum Gasteiger partial charge on any atom is -0.508 e. The molecule has 3 aliphatic carbocycles. The molecule has 0 amide bonds. The smallest absolute Gasteiger partial charge is 0.115 e. The van der Waals surface area contributed by atoms with Gasteiger partial charge in [-0.3, -0.25) is 0 Å². The Morgan fingerprint density at radius 3 is 1.82 bits per heavy atom. The average Bonchev–Trinajstić information content (AvgIpc) is 3.27. The molecule has 0 heterocycles. The van der Waals surface area contributed by atoms with Gasteiger partial charge in [-0.05, 0) is 144 Å². The molecule has 0 saturated heterocycles. The summed E-state index contributed by atoms with van der Waals surface area (Å²) in [4.78, 5) is 0. The zero-order valence-corrected chi connectivity index (χ0v) is 24.1. The number of rotatable bonds is 4. The Hall–Kier alpha value is -3.24. The maximum Gasteiger partial charge on any atom is 0.115 e. The minimum absolute atomic E-state index is 0.0883. The Morgan fingerprint density at radius 2 is 1.27 bits per heavy atom. The first-order valence-electron chi connectivity index (χ1n) is 15.1. The van der Waals surface area contributed by atoms with Gasteiger partial charge in [-0.2, -0.15) is 0 Å². The van der Waals surface area contributed by atoms with Crippen molar-refractivity contribution in [2.24, 2.45) is 17.3 Å². The molecular weight excluding hydrogens is 496 g/mol. The van der Waals surface area contributed by atoms with E-state index < -0.39 is 0 Å². The van der Waals surface area contributed by atoms with Crippen LogP contribution < -0.4 is 0 Å². The van der Waals surface area contributed by atoms with Crippen molar-refractivity contribution in [1.29, 1.82) is 0 Å². The second-order valence-electron chi connectivity index (χ2n) is 12.2. The molecule has 0 bridgehead atoms. The summed E-state index contributed by atoms with van der Waals surface area (Å²) in [7, 11) is 0. The van der Waals surface area contributed by atoms with Crippen molar-refractivity contribution in [3.05, 3.63) is 89.0 Å². The van der Waals surface area contributed by atoms with Crippen LogP contribution in [0.2, 0.25) is 0 Å². The van der Waals surface area contributed by atoms with Crippen LogP contribution in [-0.4, -0.2) is 26.5 Å². The van der Waals surface area contributed by atoms with Crippen LogP contribution in [-0.2, 0) is 6.42 Å². The molecule has 3 aromatic rings. The van der Waals surface area contributed by atoms with E-state index in [1.165, 1.54) is 41.5 Å². The third-order valence-electron chi connectivity index (χ3n) is 10.2. The number of aromatic hydroxyl groups is 3. The van der Waals surface area contributed by atoms with Gasteiger partial charge in [-0.15, -0.1) is 0 Å². The van der Waals surface area contributed by atoms with E-state index in [0.717, 1.165) is 49.1 Å². The number of aliphatic hydroxyl groups is 1. The van der Waals surface area contributed by atoms with Gasteiger partial charge in [0.1, 0.15) is 17.2 Å². The van der Waals surface area contributed by atoms with Crippen LogP contribution in [0, 0.1) is 17.3 Å². The number of aryl methyl sites for hydroxylation is 1. The molecule has 2 fully saturated rings. The van der Waals surface area contributed by atoms with Crippen molar-refractivity contribution < 1.29 is 20.4 Å². The Kier molecular flexibility index (Phi) is 8.28. The first kappa shape index (κ1) is 28.3. The molecule has 0 unspecified atom stereocenters. The predicted molar refractivity (Wildman–Crippen MR) is 162 cm³/mol. The van der Waals surface area contributed by atoms with E-state index in [9.17, 15) is 20.4 Å². The van der Waals surface area contributed by atoms with Crippen LogP contribution in [0.1, 0.15) is 93.9 Å². The molecule has 3 aliphatic rings.